The van der Waals surface area contributed by atoms with Gasteiger partial charge in [-0.05, 0) is 42.0 Å². The van der Waals surface area contributed by atoms with Gasteiger partial charge in [-0.2, -0.15) is 0 Å². The number of benzene rings is 3. The first-order valence-corrected chi connectivity index (χ1v) is 9.09. The van der Waals surface area contributed by atoms with Crippen LogP contribution in [0.1, 0.15) is 11.4 Å². The van der Waals surface area contributed by atoms with Gasteiger partial charge in [0, 0.05) is 5.02 Å². The lowest BCUT2D eigenvalue weighted by Gasteiger charge is -2.13. The summed E-state index contributed by atoms with van der Waals surface area (Å²) in [6.45, 7) is 0. The van der Waals surface area contributed by atoms with Crippen LogP contribution in [0.5, 0.6) is 0 Å². The number of hydrogen-bond donors (Lipinski definition) is 0. The van der Waals surface area contributed by atoms with Crippen LogP contribution in [-0.2, 0) is 0 Å². The molecule has 1 heterocycles. The van der Waals surface area contributed by atoms with E-state index in [-0.39, 0.29) is 5.56 Å². The molecule has 5 heteroatoms. The van der Waals surface area contributed by atoms with Gasteiger partial charge in [0.25, 0.3) is 5.56 Å². The third-order valence-electron chi connectivity index (χ3n) is 4.18. The van der Waals surface area contributed by atoms with Gasteiger partial charge in [-0.25, -0.2) is 4.98 Å². The Hall–Kier alpha value is -2.88. The van der Waals surface area contributed by atoms with Gasteiger partial charge in [0.2, 0.25) is 0 Å². The van der Waals surface area contributed by atoms with Crippen LogP contribution >= 0.6 is 23.2 Å². The summed E-state index contributed by atoms with van der Waals surface area (Å²) in [6.07, 6.45) is 3.73. The maximum atomic E-state index is 13.2. The van der Waals surface area contributed by atoms with Crippen molar-refractivity contribution in [3.63, 3.8) is 0 Å². The predicted octanol–water partition coefficient (Wildman–Crippen LogP) is 5.86. The summed E-state index contributed by atoms with van der Waals surface area (Å²) in [5.41, 5.74) is 2.00. The molecule has 3 nitrogen and oxygen atoms in total. The molecule has 4 rings (SSSR count). The van der Waals surface area contributed by atoms with E-state index < -0.39 is 0 Å². The summed E-state index contributed by atoms with van der Waals surface area (Å²) in [4.78, 5) is 17.9. The van der Waals surface area contributed by atoms with Gasteiger partial charge in [-0.15, -0.1) is 0 Å². The van der Waals surface area contributed by atoms with Crippen LogP contribution in [0.2, 0.25) is 10.0 Å². The lowest BCUT2D eigenvalue weighted by Crippen LogP contribution is -2.22. The number of nitrogens with zero attached hydrogens (tertiary/aromatic N) is 2. The van der Waals surface area contributed by atoms with Crippen LogP contribution in [0.15, 0.2) is 77.6 Å². The zero-order valence-electron chi connectivity index (χ0n) is 14.1. The average Bonchev–Trinajstić information content (AvgIpc) is 2.68. The molecule has 0 N–H and O–H groups in total. The average molecular weight is 393 g/mol. The van der Waals surface area contributed by atoms with E-state index in [1.807, 2.05) is 60.7 Å². The minimum atomic E-state index is -0.183. The van der Waals surface area contributed by atoms with Crippen LogP contribution in [0.4, 0.5) is 0 Å². The quantitative estimate of drug-likeness (QED) is 0.437. The Morgan fingerprint density at radius 1 is 0.852 bits per heavy atom. The lowest BCUT2D eigenvalue weighted by atomic mass is 10.2. The highest BCUT2D eigenvalue weighted by molar-refractivity contribution is 6.35. The van der Waals surface area contributed by atoms with Crippen molar-refractivity contribution in [1.29, 1.82) is 0 Å². The maximum Gasteiger partial charge on any atom is 0.266 e. The number of para-hydroxylation sites is 1. The van der Waals surface area contributed by atoms with Crippen molar-refractivity contribution in [2.75, 3.05) is 0 Å². The maximum absolute atomic E-state index is 13.2. The van der Waals surface area contributed by atoms with Crippen LogP contribution in [0.25, 0.3) is 28.7 Å². The molecule has 0 aliphatic heterocycles. The van der Waals surface area contributed by atoms with E-state index in [0.717, 1.165) is 5.56 Å². The van der Waals surface area contributed by atoms with E-state index >= 15 is 0 Å². The van der Waals surface area contributed by atoms with Crippen molar-refractivity contribution in [1.82, 2.24) is 9.55 Å². The van der Waals surface area contributed by atoms with Crippen LogP contribution in [-0.4, -0.2) is 9.55 Å². The molecule has 0 saturated heterocycles. The fourth-order valence-electron chi connectivity index (χ4n) is 2.89. The molecular formula is C22H14Cl2N2O. The van der Waals surface area contributed by atoms with E-state index in [2.05, 4.69) is 4.98 Å². The number of aromatic nitrogens is 2. The van der Waals surface area contributed by atoms with Crippen molar-refractivity contribution in [2.24, 2.45) is 0 Å². The lowest BCUT2D eigenvalue weighted by molar-refractivity contribution is 0.944. The zero-order valence-corrected chi connectivity index (χ0v) is 15.7. The van der Waals surface area contributed by atoms with E-state index in [9.17, 15) is 4.79 Å². The third kappa shape index (κ3) is 3.52. The van der Waals surface area contributed by atoms with Gasteiger partial charge in [0.15, 0.2) is 0 Å². The van der Waals surface area contributed by atoms with Crippen molar-refractivity contribution in [3.05, 3.63) is 105 Å². The predicted molar refractivity (Wildman–Crippen MR) is 113 cm³/mol. The SMILES string of the molecule is O=c1c2ccccc2nc(C=Cc2ccccc2)n1-c1ccc(Cl)cc1Cl. The molecular weight excluding hydrogens is 379 g/mol. The Kier molecular flexibility index (Phi) is 4.80. The minimum Gasteiger partial charge on any atom is -0.268 e. The van der Waals surface area contributed by atoms with Gasteiger partial charge in [0.1, 0.15) is 5.82 Å². The first-order valence-electron chi connectivity index (χ1n) is 8.34. The second-order valence-corrected chi connectivity index (χ2v) is 6.81. The molecule has 0 saturated carbocycles. The van der Waals surface area contributed by atoms with Gasteiger partial charge in [-0.1, -0.05) is 71.7 Å². The van der Waals surface area contributed by atoms with E-state index in [1.54, 1.807) is 24.3 Å². The summed E-state index contributed by atoms with van der Waals surface area (Å²) < 4.78 is 1.51. The molecule has 3 aromatic carbocycles. The van der Waals surface area contributed by atoms with Crippen LogP contribution in [0.3, 0.4) is 0 Å². The van der Waals surface area contributed by atoms with Crippen molar-refractivity contribution < 1.29 is 0 Å². The monoisotopic (exact) mass is 392 g/mol. The Morgan fingerprint density at radius 3 is 2.37 bits per heavy atom. The smallest absolute Gasteiger partial charge is 0.266 e. The molecule has 0 atom stereocenters. The van der Waals surface area contributed by atoms with Crippen molar-refractivity contribution >= 4 is 46.3 Å². The Balaban J connectivity index is 1.98. The van der Waals surface area contributed by atoms with Gasteiger partial charge in [-0.3, -0.25) is 9.36 Å². The number of hydrogen-bond acceptors (Lipinski definition) is 2. The topological polar surface area (TPSA) is 34.9 Å². The summed E-state index contributed by atoms with van der Waals surface area (Å²) in [6, 6.07) is 22.1. The minimum absolute atomic E-state index is 0.183. The molecule has 0 radical (unpaired) electrons. The van der Waals surface area contributed by atoms with Crippen molar-refractivity contribution in [2.45, 2.75) is 0 Å². The molecule has 0 bridgehead atoms. The van der Waals surface area contributed by atoms with E-state index in [4.69, 9.17) is 23.2 Å². The highest BCUT2D eigenvalue weighted by atomic mass is 35.5. The summed E-state index contributed by atoms with van der Waals surface area (Å²) in [5, 5.41) is 1.42. The molecule has 0 unspecified atom stereocenters. The third-order valence-corrected chi connectivity index (χ3v) is 4.71. The molecule has 0 fully saturated rings. The largest absolute Gasteiger partial charge is 0.268 e. The molecule has 27 heavy (non-hydrogen) atoms. The van der Waals surface area contributed by atoms with Gasteiger partial charge < -0.3 is 0 Å². The molecule has 1 aromatic heterocycles. The Bertz CT molecular complexity index is 1210. The normalized spacial score (nSPS) is 11.3. The molecule has 0 spiro atoms. The van der Waals surface area contributed by atoms with Crippen molar-refractivity contribution in [3.8, 4) is 5.69 Å². The number of fused-ring (bicyclic) bond motifs is 1. The summed E-state index contributed by atoms with van der Waals surface area (Å²) in [7, 11) is 0. The molecule has 0 aliphatic rings. The number of halogens is 2. The van der Waals surface area contributed by atoms with Crippen LogP contribution < -0.4 is 5.56 Å². The molecule has 132 valence electrons. The van der Waals surface area contributed by atoms with E-state index in [0.29, 0.717) is 32.5 Å². The van der Waals surface area contributed by atoms with Gasteiger partial charge >= 0.3 is 0 Å². The highest BCUT2D eigenvalue weighted by Gasteiger charge is 2.13. The van der Waals surface area contributed by atoms with E-state index in [1.165, 1.54) is 4.57 Å². The Labute approximate surface area is 166 Å². The fraction of sp³-hybridized carbons (Fsp3) is 0. The Morgan fingerprint density at radius 2 is 1.59 bits per heavy atom. The molecule has 0 aliphatic carbocycles. The molecule has 4 aromatic rings. The van der Waals surface area contributed by atoms with Gasteiger partial charge in [0.05, 0.1) is 21.6 Å². The fourth-order valence-corrected chi connectivity index (χ4v) is 3.39. The van der Waals surface area contributed by atoms with Crippen LogP contribution in [0, 0.1) is 0 Å². The first kappa shape index (κ1) is 17.5. The highest BCUT2D eigenvalue weighted by Crippen LogP contribution is 2.25. The summed E-state index contributed by atoms with van der Waals surface area (Å²) >= 11 is 12.4. The first-order chi connectivity index (χ1) is 13.1. The number of rotatable bonds is 3. The zero-order chi connectivity index (χ0) is 18.8. The summed E-state index contributed by atoms with van der Waals surface area (Å²) in [5.74, 6) is 0.492. The second kappa shape index (κ2) is 7.39. The second-order valence-electron chi connectivity index (χ2n) is 5.97. The molecule has 0 amide bonds. The standard InChI is InChI=1S/C22H14Cl2N2O/c23-16-11-12-20(18(24)14-16)26-21(13-10-15-6-2-1-3-7-15)25-19-9-5-4-8-17(19)22(26)27/h1-14H.